The van der Waals surface area contributed by atoms with E-state index in [9.17, 15) is 4.79 Å². The number of ketones is 1. The maximum Gasteiger partial charge on any atom is 0.166 e. The summed E-state index contributed by atoms with van der Waals surface area (Å²) >= 11 is 0. The van der Waals surface area contributed by atoms with Crippen LogP contribution in [-0.4, -0.2) is 5.78 Å². The van der Waals surface area contributed by atoms with E-state index in [1.807, 2.05) is 0 Å². The molecule has 0 aliphatic carbocycles. The second-order valence-corrected chi connectivity index (χ2v) is 5.01. The summed E-state index contributed by atoms with van der Waals surface area (Å²) < 4.78 is 4.91. The molecule has 102 valence electrons. The normalized spacial score (nSPS) is 10.7. The summed E-state index contributed by atoms with van der Waals surface area (Å²) in [5.41, 5.74) is 0.717. The highest BCUT2D eigenvalue weighted by Gasteiger charge is 2.05. The van der Waals surface area contributed by atoms with Crippen LogP contribution in [0.1, 0.15) is 81.5 Å². The van der Waals surface area contributed by atoms with Gasteiger partial charge in [-0.1, -0.05) is 58.3 Å². The van der Waals surface area contributed by atoms with Crippen molar-refractivity contribution >= 4 is 5.78 Å². The van der Waals surface area contributed by atoms with Crippen molar-refractivity contribution in [3.05, 3.63) is 24.2 Å². The molecule has 0 unspecified atom stereocenters. The van der Waals surface area contributed by atoms with E-state index in [0.29, 0.717) is 6.42 Å². The van der Waals surface area contributed by atoms with Gasteiger partial charge in [0, 0.05) is 6.42 Å². The highest BCUT2D eigenvalue weighted by atomic mass is 16.3. The summed E-state index contributed by atoms with van der Waals surface area (Å²) in [6, 6.07) is 1.75. The van der Waals surface area contributed by atoms with E-state index in [1.165, 1.54) is 57.6 Å². The highest BCUT2D eigenvalue weighted by molar-refractivity contribution is 5.95. The Labute approximate surface area is 111 Å². The Kier molecular flexibility index (Phi) is 8.28. The molecule has 18 heavy (non-hydrogen) atoms. The van der Waals surface area contributed by atoms with Crippen LogP contribution in [0.2, 0.25) is 0 Å². The van der Waals surface area contributed by atoms with Gasteiger partial charge in [-0.3, -0.25) is 4.79 Å². The molecule has 0 radical (unpaired) electrons. The molecule has 0 saturated carbocycles. The SMILES string of the molecule is CCCCCCCCCCCC(=O)c1ccoc1. The summed E-state index contributed by atoms with van der Waals surface area (Å²) in [6.45, 7) is 2.25. The van der Waals surface area contributed by atoms with Gasteiger partial charge < -0.3 is 4.42 Å². The number of carbonyl (C=O) groups is 1. The van der Waals surface area contributed by atoms with Crippen LogP contribution in [0.5, 0.6) is 0 Å². The second kappa shape index (κ2) is 9.93. The van der Waals surface area contributed by atoms with Gasteiger partial charge in [0.15, 0.2) is 5.78 Å². The van der Waals surface area contributed by atoms with E-state index in [-0.39, 0.29) is 5.78 Å². The number of hydrogen-bond acceptors (Lipinski definition) is 2. The average molecular weight is 250 g/mol. The first-order valence-corrected chi connectivity index (χ1v) is 7.40. The number of furan rings is 1. The minimum Gasteiger partial charge on any atom is -0.472 e. The van der Waals surface area contributed by atoms with Crippen LogP contribution in [0.3, 0.4) is 0 Å². The van der Waals surface area contributed by atoms with Crippen molar-refractivity contribution in [2.24, 2.45) is 0 Å². The van der Waals surface area contributed by atoms with E-state index in [0.717, 1.165) is 12.0 Å². The molecular weight excluding hydrogens is 224 g/mol. The third kappa shape index (κ3) is 6.63. The summed E-state index contributed by atoms with van der Waals surface area (Å²) in [6.07, 6.45) is 15.3. The number of hydrogen-bond donors (Lipinski definition) is 0. The van der Waals surface area contributed by atoms with Crippen LogP contribution in [0.4, 0.5) is 0 Å². The van der Waals surface area contributed by atoms with Crippen LogP contribution in [0.15, 0.2) is 23.0 Å². The molecule has 0 atom stereocenters. The largest absolute Gasteiger partial charge is 0.472 e. The van der Waals surface area contributed by atoms with Crippen molar-refractivity contribution in [1.29, 1.82) is 0 Å². The third-order valence-electron chi connectivity index (χ3n) is 3.35. The Morgan fingerprint density at radius 2 is 1.61 bits per heavy atom. The number of carbonyl (C=O) groups excluding carboxylic acids is 1. The molecule has 0 aliphatic heterocycles. The minimum atomic E-state index is 0.215. The first kappa shape index (κ1) is 15.0. The molecule has 0 saturated heterocycles. The fourth-order valence-electron chi connectivity index (χ4n) is 2.16. The highest BCUT2D eigenvalue weighted by Crippen LogP contribution is 2.12. The second-order valence-electron chi connectivity index (χ2n) is 5.01. The van der Waals surface area contributed by atoms with Crippen LogP contribution in [0.25, 0.3) is 0 Å². The Balaban J connectivity index is 1.88. The molecule has 2 nitrogen and oxygen atoms in total. The van der Waals surface area contributed by atoms with Gasteiger partial charge in [0.2, 0.25) is 0 Å². The van der Waals surface area contributed by atoms with Gasteiger partial charge in [-0.25, -0.2) is 0 Å². The summed E-state index contributed by atoms with van der Waals surface area (Å²) in [4.78, 5) is 11.7. The molecule has 1 aromatic heterocycles. The first-order valence-electron chi connectivity index (χ1n) is 7.40. The molecular formula is C16H26O2. The lowest BCUT2D eigenvalue weighted by Crippen LogP contribution is -1.96. The molecule has 0 aromatic carbocycles. The van der Waals surface area contributed by atoms with Crippen LogP contribution >= 0.6 is 0 Å². The van der Waals surface area contributed by atoms with Gasteiger partial charge in [0.1, 0.15) is 6.26 Å². The zero-order valence-electron chi connectivity index (χ0n) is 11.6. The molecule has 0 amide bonds. The van der Waals surface area contributed by atoms with E-state index in [1.54, 1.807) is 12.3 Å². The molecule has 0 spiro atoms. The van der Waals surface area contributed by atoms with Gasteiger partial charge in [-0.05, 0) is 12.5 Å². The molecule has 2 heteroatoms. The lowest BCUT2D eigenvalue weighted by Gasteiger charge is -2.01. The Hall–Kier alpha value is -1.05. The molecule has 1 rings (SSSR count). The topological polar surface area (TPSA) is 30.2 Å². The van der Waals surface area contributed by atoms with Crippen LogP contribution in [0, 0.1) is 0 Å². The Bertz CT molecular complexity index is 301. The predicted octanol–water partition coefficient (Wildman–Crippen LogP) is 5.38. The lowest BCUT2D eigenvalue weighted by molar-refractivity contribution is 0.0978. The fourth-order valence-corrected chi connectivity index (χ4v) is 2.16. The Morgan fingerprint density at radius 3 is 2.17 bits per heavy atom. The molecule has 1 heterocycles. The smallest absolute Gasteiger partial charge is 0.166 e. The minimum absolute atomic E-state index is 0.215. The van der Waals surface area contributed by atoms with Crippen LogP contribution < -0.4 is 0 Å². The fraction of sp³-hybridized carbons (Fsp3) is 0.688. The van der Waals surface area contributed by atoms with Gasteiger partial charge in [0.05, 0.1) is 11.8 Å². The number of Topliss-reactive ketones (excluding diaryl/α,β-unsaturated/α-hetero) is 1. The molecule has 0 bridgehead atoms. The van der Waals surface area contributed by atoms with E-state index in [2.05, 4.69) is 6.92 Å². The van der Waals surface area contributed by atoms with Crippen molar-refractivity contribution < 1.29 is 9.21 Å². The van der Waals surface area contributed by atoms with Crippen molar-refractivity contribution in [3.8, 4) is 0 Å². The zero-order valence-corrected chi connectivity index (χ0v) is 11.6. The van der Waals surface area contributed by atoms with Crippen molar-refractivity contribution in [1.82, 2.24) is 0 Å². The molecule has 0 fully saturated rings. The number of unbranched alkanes of at least 4 members (excludes halogenated alkanes) is 8. The van der Waals surface area contributed by atoms with E-state index in [4.69, 9.17) is 4.42 Å². The summed E-state index contributed by atoms with van der Waals surface area (Å²) in [5, 5.41) is 0. The average Bonchev–Trinajstić information content (AvgIpc) is 2.90. The van der Waals surface area contributed by atoms with Gasteiger partial charge in [-0.15, -0.1) is 0 Å². The van der Waals surface area contributed by atoms with E-state index >= 15 is 0 Å². The summed E-state index contributed by atoms with van der Waals surface area (Å²) in [7, 11) is 0. The number of rotatable bonds is 11. The maximum atomic E-state index is 11.7. The maximum absolute atomic E-state index is 11.7. The van der Waals surface area contributed by atoms with Gasteiger partial charge >= 0.3 is 0 Å². The molecule has 1 aromatic rings. The van der Waals surface area contributed by atoms with E-state index < -0.39 is 0 Å². The predicted molar refractivity (Wildman–Crippen MR) is 74.9 cm³/mol. The van der Waals surface area contributed by atoms with Gasteiger partial charge in [0.25, 0.3) is 0 Å². The van der Waals surface area contributed by atoms with Crippen molar-refractivity contribution in [2.45, 2.75) is 71.1 Å². The van der Waals surface area contributed by atoms with Gasteiger partial charge in [-0.2, -0.15) is 0 Å². The Morgan fingerprint density at radius 1 is 1.00 bits per heavy atom. The first-order chi connectivity index (χ1) is 8.84. The zero-order chi connectivity index (χ0) is 13.1. The quantitative estimate of drug-likeness (QED) is 0.389. The monoisotopic (exact) mass is 250 g/mol. The molecule has 0 N–H and O–H groups in total. The van der Waals surface area contributed by atoms with Crippen molar-refractivity contribution in [2.75, 3.05) is 0 Å². The summed E-state index contributed by atoms with van der Waals surface area (Å²) in [5.74, 6) is 0.215. The standard InChI is InChI=1S/C16H26O2/c1-2-3-4-5-6-7-8-9-10-11-16(17)15-12-13-18-14-15/h12-14H,2-11H2,1H3. The third-order valence-corrected chi connectivity index (χ3v) is 3.35. The van der Waals surface area contributed by atoms with Crippen LogP contribution in [-0.2, 0) is 0 Å². The van der Waals surface area contributed by atoms with Crippen molar-refractivity contribution in [3.63, 3.8) is 0 Å². The molecule has 0 aliphatic rings. The lowest BCUT2D eigenvalue weighted by atomic mass is 10.0.